The van der Waals surface area contributed by atoms with Crippen molar-refractivity contribution in [2.75, 3.05) is 6.61 Å². The molecule has 2 rings (SSSR count). The van der Waals surface area contributed by atoms with Gasteiger partial charge in [0.1, 0.15) is 5.75 Å². The number of hydrogen-bond donors (Lipinski definition) is 0. The van der Waals surface area contributed by atoms with Crippen LogP contribution in [0.25, 0.3) is 0 Å². The quantitative estimate of drug-likeness (QED) is 0.592. The van der Waals surface area contributed by atoms with Gasteiger partial charge in [-0.15, -0.1) is 0 Å². The SMILES string of the molecule is CC.Cc1cc(C)c2c(c1)CCO2. The summed E-state index contributed by atoms with van der Waals surface area (Å²) in [6.45, 7) is 9.10. The van der Waals surface area contributed by atoms with E-state index in [4.69, 9.17) is 4.74 Å². The van der Waals surface area contributed by atoms with Crippen molar-refractivity contribution < 1.29 is 4.74 Å². The Kier molecular flexibility index (Phi) is 3.35. The molecule has 0 saturated carbocycles. The minimum absolute atomic E-state index is 0.861. The summed E-state index contributed by atoms with van der Waals surface area (Å²) in [5, 5.41) is 0. The molecule has 0 N–H and O–H groups in total. The molecule has 0 aliphatic carbocycles. The predicted octanol–water partition coefficient (Wildman–Crippen LogP) is 3.26. The lowest BCUT2D eigenvalue weighted by molar-refractivity contribution is 0.354. The van der Waals surface area contributed by atoms with E-state index in [0.29, 0.717) is 0 Å². The lowest BCUT2D eigenvalue weighted by Crippen LogP contribution is -1.87. The number of hydrogen-bond acceptors (Lipinski definition) is 1. The maximum atomic E-state index is 5.48. The molecule has 0 spiro atoms. The predicted molar refractivity (Wildman–Crippen MR) is 56.5 cm³/mol. The van der Waals surface area contributed by atoms with Crippen LogP contribution < -0.4 is 4.74 Å². The fourth-order valence-electron chi connectivity index (χ4n) is 1.70. The second-order valence-electron chi connectivity index (χ2n) is 3.17. The number of rotatable bonds is 0. The van der Waals surface area contributed by atoms with E-state index in [-0.39, 0.29) is 0 Å². The highest BCUT2D eigenvalue weighted by molar-refractivity contribution is 5.45. The first-order chi connectivity index (χ1) is 6.27. The average Bonchev–Trinajstić information content (AvgIpc) is 2.55. The second kappa shape index (κ2) is 4.31. The van der Waals surface area contributed by atoms with Crippen LogP contribution in [0.5, 0.6) is 5.75 Å². The molecule has 1 heteroatoms. The summed E-state index contributed by atoms with van der Waals surface area (Å²) in [7, 11) is 0. The zero-order chi connectivity index (χ0) is 9.84. The minimum Gasteiger partial charge on any atom is -0.493 e. The number of aryl methyl sites for hydroxylation is 2. The summed E-state index contributed by atoms with van der Waals surface area (Å²) < 4.78 is 5.48. The Morgan fingerprint density at radius 3 is 2.54 bits per heavy atom. The largest absolute Gasteiger partial charge is 0.493 e. The molecule has 0 bridgehead atoms. The molecule has 0 aromatic heterocycles. The van der Waals surface area contributed by atoms with Crippen LogP contribution in [0.1, 0.15) is 30.5 Å². The molecule has 1 aromatic rings. The van der Waals surface area contributed by atoms with Gasteiger partial charge in [0, 0.05) is 6.42 Å². The van der Waals surface area contributed by atoms with Crippen LogP contribution in [0, 0.1) is 13.8 Å². The Balaban J connectivity index is 0.000000396. The first-order valence-corrected chi connectivity index (χ1v) is 5.00. The number of fused-ring (bicyclic) bond motifs is 1. The second-order valence-corrected chi connectivity index (χ2v) is 3.17. The molecular formula is C12H18O. The Bertz CT molecular complexity index is 289. The third-order valence-corrected chi connectivity index (χ3v) is 2.11. The molecular weight excluding hydrogens is 160 g/mol. The Hall–Kier alpha value is -0.980. The third-order valence-electron chi connectivity index (χ3n) is 2.11. The highest BCUT2D eigenvalue weighted by atomic mass is 16.5. The van der Waals surface area contributed by atoms with Crippen molar-refractivity contribution in [1.82, 2.24) is 0 Å². The van der Waals surface area contributed by atoms with Crippen molar-refractivity contribution in [3.8, 4) is 5.75 Å². The fourth-order valence-corrected chi connectivity index (χ4v) is 1.70. The van der Waals surface area contributed by atoms with Gasteiger partial charge in [-0.2, -0.15) is 0 Å². The smallest absolute Gasteiger partial charge is 0.125 e. The first-order valence-electron chi connectivity index (χ1n) is 5.00. The molecule has 1 aliphatic rings. The van der Waals surface area contributed by atoms with Gasteiger partial charge in [-0.3, -0.25) is 0 Å². The van der Waals surface area contributed by atoms with E-state index in [1.165, 1.54) is 16.7 Å². The fraction of sp³-hybridized carbons (Fsp3) is 0.500. The molecule has 72 valence electrons. The van der Waals surface area contributed by atoms with Crippen molar-refractivity contribution in [3.05, 3.63) is 28.8 Å². The molecule has 0 unspecified atom stereocenters. The Morgan fingerprint density at radius 1 is 1.15 bits per heavy atom. The molecule has 0 fully saturated rings. The molecule has 0 radical (unpaired) electrons. The van der Waals surface area contributed by atoms with Crippen LogP contribution in [0.4, 0.5) is 0 Å². The van der Waals surface area contributed by atoms with Crippen LogP contribution >= 0.6 is 0 Å². The van der Waals surface area contributed by atoms with Crippen LogP contribution in [-0.4, -0.2) is 6.61 Å². The van der Waals surface area contributed by atoms with E-state index in [0.717, 1.165) is 18.8 Å². The molecule has 0 atom stereocenters. The van der Waals surface area contributed by atoms with Gasteiger partial charge < -0.3 is 4.74 Å². The van der Waals surface area contributed by atoms with E-state index in [9.17, 15) is 0 Å². The third kappa shape index (κ3) is 2.03. The zero-order valence-corrected chi connectivity index (χ0v) is 8.98. The lowest BCUT2D eigenvalue weighted by atomic mass is 10.1. The van der Waals surface area contributed by atoms with Gasteiger partial charge in [-0.05, 0) is 25.0 Å². The molecule has 1 nitrogen and oxygen atoms in total. The number of ether oxygens (including phenoxy) is 1. The van der Waals surface area contributed by atoms with E-state index >= 15 is 0 Å². The summed E-state index contributed by atoms with van der Waals surface area (Å²) in [6, 6.07) is 4.39. The maximum absolute atomic E-state index is 5.48. The van der Waals surface area contributed by atoms with E-state index in [2.05, 4.69) is 26.0 Å². The van der Waals surface area contributed by atoms with Crippen molar-refractivity contribution in [2.45, 2.75) is 34.1 Å². The van der Waals surface area contributed by atoms with Crippen molar-refractivity contribution >= 4 is 0 Å². The summed E-state index contributed by atoms with van der Waals surface area (Å²) in [4.78, 5) is 0. The molecule has 1 aromatic carbocycles. The number of benzene rings is 1. The van der Waals surface area contributed by atoms with E-state index < -0.39 is 0 Å². The normalized spacial score (nSPS) is 12.6. The van der Waals surface area contributed by atoms with Gasteiger partial charge >= 0.3 is 0 Å². The molecule has 0 amide bonds. The van der Waals surface area contributed by atoms with Gasteiger partial charge in [0.2, 0.25) is 0 Å². The van der Waals surface area contributed by atoms with Crippen molar-refractivity contribution in [2.24, 2.45) is 0 Å². The zero-order valence-electron chi connectivity index (χ0n) is 8.98. The molecule has 1 heterocycles. The average molecular weight is 178 g/mol. The standard InChI is InChI=1S/C10H12O.C2H6/c1-7-5-8(2)10-9(6-7)3-4-11-10;1-2/h5-6H,3-4H2,1-2H3;1-2H3. The Labute approximate surface area is 80.7 Å². The highest BCUT2D eigenvalue weighted by Crippen LogP contribution is 2.29. The van der Waals surface area contributed by atoms with Crippen LogP contribution in [0.2, 0.25) is 0 Å². The Morgan fingerprint density at radius 2 is 1.85 bits per heavy atom. The summed E-state index contributed by atoms with van der Waals surface area (Å²) in [5.41, 5.74) is 3.99. The van der Waals surface area contributed by atoms with Gasteiger partial charge in [-0.25, -0.2) is 0 Å². The minimum atomic E-state index is 0.861. The van der Waals surface area contributed by atoms with Crippen molar-refractivity contribution in [3.63, 3.8) is 0 Å². The first kappa shape index (κ1) is 10.1. The van der Waals surface area contributed by atoms with E-state index in [1.54, 1.807) is 0 Å². The van der Waals surface area contributed by atoms with Crippen molar-refractivity contribution in [1.29, 1.82) is 0 Å². The molecule has 0 saturated heterocycles. The summed E-state index contributed by atoms with van der Waals surface area (Å²) >= 11 is 0. The highest BCUT2D eigenvalue weighted by Gasteiger charge is 2.13. The molecule has 13 heavy (non-hydrogen) atoms. The van der Waals surface area contributed by atoms with Gasteiger partial charge in [0.15, 0.2) is 0 Å². The van der Waals surface area contributed by atoms with Crippen LogP contribution in [0.3, 0.4) is 0 Å². The molecule has 1 aliphatic heterocycles. The monoisotopic (exact) mass is 178 g/mol. The van der Waals surface area contributed by atoms with Crippen LogP contribution in [-0.2, 0) is 6.42 Å². The lowest BCUT2D eigenvalue weighted by Gasteiger charge is -2.03. The summed E-state index contributed by atoms with van der Waals surface area (Å²) in [6.07, 6.45) is 1.08. The van der Waals surface area contributed by atoms with Crippen LogP contribution in [0.15, 0.2) is 12.1 Å². The van der Waals surface area contributed by atoms with E-state index in [1.807, 2.05) is 13.8 Å². The van der Waals surface area contributed by atoms with Gasteiger partial charge in [0.05, 0.1) is 6.61 Å². The van der Waals surface area contributed by atoms with Gasteiger partial charge in [-0.1, -0.05) is 31.5 Å². The topological polar surface area (TPSA) is 9.23 Å². The summed E-state index contributed by atoms with van der Waals surface area (Å²) in [5.74, 6) is 1.12. The maximum Gasteiger partial charge on any atom is 0.125 e. The van der Waals surface area contributed by atoms with Gasteiger partial charge in [0.25, 0.3) is 0 Å².